The molecule has 2 N–H and O–H groups in total. The van der Waals surface area contributed by atoms with Crippen LogP contribution in [0.2, 0.25) is 0 Å². The second kappa shape index (κ2) is 2.91. The fraction of sp³-hybridized carbons (Fsp3) is 0.857. The van der Waals surface area contributed by atoms with Gasteiger partial charge in [-0.3, -0.25) is 4.90 Å². The lowest BCUT2D eigenvalue weighted by Gasteiger charge is -2.44. The summed E-state index contributed by atoms with van der Waals surface area (Å²) in [6.45, 7) is 2.47. The number of amides is 1. The molecule has 0 saturated carbocycles. The molecule has 2 heterocycles. The van der Waals surface area contributed by atoms with Gasteiger partial charge in [-0.25, -0.2) is 4.79 Å². The van der Waals surface area contributed by atoms with Crippen LogP contribution in [0.3, 0.4) is 0 Å². The van der Waals surface area contributed by atoms with Gasteiger partial charge >= 0.3 is 6.09 Å². The van der Waals surface area contributed by atoms with Crippen LogP contribution in [-0.2, 0) is 4.74 Å². The van der Waals surface area contributed by atoms with E-state index in [2.05, 4.69) is 5.32 Å². The fourth-order valence-corrected chi connectivity index (χ4v) is 1.84. The van der Waals surface area contributed by atoms with Gasteiger partial charge in [-0.05, 0) is 0 Å². The molecule has 2 bridgehead atoms. The Balaban J connectivity index is 2.13. The number of nitrogens with one attached hydrogen (secondary N) is 1. The topological polar surface area (TPSA) is 61.8 Å². The van der Waals surface area contributed by atoms with Crippen LogP contribution >= 0.6 is 0 Å². The van der Waals surface area contributed by atoms with Gasteiger partial charge in [0, 0.05) is 13.1 Å². The molecule has 2 fully saturated rings. The van der Waals surface area contributed by atoms with Gasteiger partial charge in [0.05, 0.1) is 25.3 Å². The zero-order valence-corrected chi connectivity index (χ0v) is 6.69. The monoisotopic (exact) mass is 172 g/mol. The summed E-state index contributed by atoms with van der Waals surface area (Å²) in [5.74, 6) is 0. The molecule has 0 radical (unpaired) electrons. The summed E-state index contributed by atoms with van der Waals surface area (Å²) >= 11 is 0. The first kappa shape index (κ1) is 7.82. The highest BCUT2D eigenvalue weighted by atomic mass is 16.5. The number of hydrogen-bond donors (Lipinski definition) is 2. The molecule has 2 aliphatic heterocycles. The number of carboxylic acid groups (broad SMARTS) is 1. The van der Waals surface area contributed by atoms with Crippen molar-refractivity contribution in [2.75, 3.05) is 26.3 Å². The highest BCUT2D eigenvalue weighted by Gasteiger charge is 2.37. The summed E-state index contributed by atoms with van der Waals surface area (Å²) in [4.78, 5) is 12.3. The molecular weight excluding hydrogens is 160 g/mol. The predicted molar refractivity (Wildman–Crippen MR) is 41.1 cm³/mol. The second-order valence-corrected chi connectivity index (χ2v) is 3.19. The zero-order chi connectivity index (χ0) is 8.55. The Labute approximate surface area is 70.3 Å². The van der Waals surface area contributed by atoms with E-state index in [9.17, 15) is 4.79 Å². The molecular formula is C7H12N2O3. The number of nitrogens with zero attached hydrogens (tertiary/aromatic N) is 1. The predicted octanol–water partition coefficient (Wildman–Crippen LogP) is -0.663. The average molecular weight is 172 g/mol. The summed E-state index contributed by atoms with van der Waals surface area (Å²) in [6.07, 6.45) is -0.824. The molecule has 0 spiro atoms. The van der Waals surface area contributed by atoms with Gasteiger partial charge in [0.1, 0.15) is 0 Å². The van der Waals surface area contributed by atoms with Crippen molar-refractivity contribution in [3.05, 3.63) is 0 Å². The van der Waals surface area contributed by atoms with Crippen LogP contribution in [0.5, 0.6) is 0 Å². The average Bonchev–Trinajstić information content (AvgIpc) is 2.02. The van der Waals surface area contributed by atoms with Crippen molar-refractivity contribution in [1.29, 1.82) is 0 Å². The smallest absolute Gasteiger partial charge is 0.408 e. The van der Waals surface area contributed by atoms with Crippen molar-refractivity contribution >= 4 is 6.09 Å². The molecule has 5 heteroatoms. The summed E-state index contributed by atoms with van der Waals surface area (Å²) in [5.41, 5.74) is 0. The minimum absolute atomic E-state index is 0.00926. The Morgan fingerprint density at radius 2 is 2.00 bits per heavy atom. The molecule has 0 aliphatic carbocycles. The number of hydrogen-bond acceptors (Lipinski definition) is 3. The van der Waals surface area contributed by atoms with E-state index in [-0.39, 0.29) is 12.1 Å². The summed E-state index contributed by atoms with van der Waals surface area (Å²) in [7, 11) is 0. The quantitative estimate of drug-likeness (QED) is 0.509. The van der Waals surface area contributed by atoms with Crippen molar-refractivity contribution < 1.29 is 14.6 Å². The molecule has 2 rings (SSSR count). The molecule has 2 saturated heterocycles. The van der Waals surface area contributed by atoms with Crippen LogP contribution in [0.1, 0.15) is 0 Å². The number of fused-ring (bicyclic) bond motifs is 2. The third kappa shape index (κ3) is 1.15. The van der Waals surface area contributed by atoms with Crippen LogP contribution in [0, 0.1) is 0 Å². The van der Waals surface area contributed by atoms with Crippen LogP contribution in [0.25, 0.3) is 0 Å². The lowest BCUT2D eigenvalue weighted by Crippen LogP contribution is -2.64. The Morgan fingerprint density at radius 1 is 1.42 bits per heavy atom. The first-order chi connectivity index (χ1) is 5.79. The first-order valence-electron chi connectivity index (χ1n) is 4.09. The molecule has 0 aromatic carbocycles. The van der Waals surface area contributed by atoms with E-state index in [1.165, 1.54) is 4.90 Å². The van der Waals surface area contributed by atoms with Crippen molar-refractivity contribution in [3.63, 3.8) is 0 Å². The van der Waals surface area contributed by atoms with Crippen LogP contribution in [0.4, 0.5) is 4.79 Å². The van der Waals surface area contributed by atoms with E-state index >= 15 is 0 Å². The molecule has 2 atom stereocenters. The van der Waals surface area contributed by atoms with Gasteiger partial charge in [-0.15, -0.1) is 0 Å². The van der Waals surface area contributed by atoms with Crippen molar-refractivity contribution in [2.45, 2.75) is 12.1 Å². The standard InChI is InChI=1S/C7H12N2O3/c10-7(11)9-5-1-8-2-6(9)4-12-3-5/h5-6,8H,1-4H2,(H,10,11). The zero-order valence-electron chi connectivity index (χ0n) is 6.69. The number of rotatable bonds is 0. The van der Waals surface area contributed by atoms with Crippen molar-refractivity contribution in [3.8, 4) is 0 Å². The van der Waals surface area contributed by atoms with E-state index in [4.69, 9.17) is 9.84 Å². The van der Waals surface area contributed by atoms with E-state index in [1.807, 2.05) is 0 Å². The summed E-state index contributed by atoms with van der Waals surface area (Å²) < 4.78 is 5.27. The molecule has 12 heavy (non-hydrogen) atoms. The molecule has 5 nitrogen and oxygen atoms in total. The van der Waals surface area contributed by atoms with Gasteiger partial charge in [0.25, 0.3) is 0 Å². The molecule has 68 valence electrons. The van der Waals surface area contributed by atoms with Gasteiger partial charge < -0.3 is 15.2 Å². The number of carbonyl (C=O) groups is 1. The van der Waals surface area contributed by atoms with Gasteiger partial charge in [-0.2, -0.15) is 0 Å². The van der Waals surface area contributed by atoms with Crippen LogP contribution in [0.15, 0.2) is 0 Å². The van der Waals surface area contributed by atoms with Crippen molar-refractivity contribution in [1.82, 2.24) is 10.2 Å². The Hall–Kier alpha value is -0.810. The molecule has 2 aliphatic rings. The maximum absolute atomic E-state index is 10.8. The Kier molecular flexibility index (Phi) is 1.90. The lowest BCUT2D eigenvalue weighted by atomic mass is 10.1. The number of ether oxygens (including phenoxy) is 1. The highest BCUT2D eigenvalue weighted by Crippen LogP contribution is 2.16. The van der Waals surface area contributed by atoms with Gasteiger partial charge in [-0.1, -0.05) is 0 Å². The van der Waals surface area contributed by atoms with E-state index in [1.54, 1.807) is 0 Å². The third-order valence-electron chi connectivity index (χ3n) is 2.39. The Bertz CT molecular complexity index is 175. The van der Waals surface area contributed by atoms with Gasteiger partial charge in [0.2, 0.25) is 0 Å². The first-order valence-corrected chi connectivity index (χ1v) is 4.09. The minimum Gasteiger partial charge on any atom is -0.465 e. The van der Waals surface area contributed by atoms with Gasteiger partial charge in [0.15, 0.2) is 0 Å². The van der Waals surface area contributed by atoms with Crippen LogP contribution < -0.4 is 5.32 Å². The van der Waals surface area contributed by atoms with E-state index in [0.29, 0.717) is 26.3 Å². The molecule has 1 amide bonds. The maximum Gasteiger partial charge on any atom is 0.408 e. The molecule has 0 aromatic rings. The maximum atomic E-state index is 10.8. The Morgan fingerprint density at radius 3 is 2.42 bits per heavy atom. The highest BCUT2D eigenvalue weighted by molar-refractivity contribution is 5.66. The minimum atomic E-state index is -0.824. The number of morpholine rings is 1. The van der Waals surface area contributed by atoms with E-state index < -0.39 is 6.09 Å². The lowest BCUT2D eigenvalue weighted by molar-refractivity contribution is -0.0515. The summed E-state index contributed by atoms with van der Waals surface area (Å²) in [6, 6.07) is 0.0185. The molecule has 2 unspecified atom stereocenters. The normalized spacial score (nSPS) is 34.8. The van der Waals surface area contributed by atoms with E-state index in [0.717, 1.165) is 0 Å². The SMILES string of the molecule is O=C(O)N1C2CNCC1COC2. The summed E-state index contributed by atoms with van der Waals surface area (Å²) in [5, 5.41) is 12.1. The van der Waals surface area contributed by atoms with Crippen molar-refractivity contribution in [2.24, 2.45) is 0 Å². The fourth-order valence-electron chi connectivity index (χ4n) is 1.84. The largest absolute Gasteiger partial charge is 0.465 e. The van der Waals surface area contributed by atoms with Crippen LogP contribution in [-0.4, -0.2) is 54.5 Å². The number of piperazine rings is 1. The second-order valence-electron chi connectivity index (χ2n) is 3.19. The molecule has 0 aromatic heterocycles. The third-order valence-corrected chi connectivity index (χ3v) is 2.39.